The van der Waals surface area contributed by atoms with E-state index in [1.165, 1.54) is 0 Å². The van der Waals surface area contributed by atoms with Crippen molar-refractivity contribution in [2.24, 2.45) is 16.5 Å². The lowest BCUT2D eigenvalue weighted by molar-refractivity contribution is 0.502. The van der Waals surface area contributed by atoms with Crippen molar-refractivity contribution >= 4 is 22.9 Å². The van der Waals surface area contributed by atoms with E-state index in [0.29, 0.717) is 12.3 Å². The van der Waals surface area contributed by atoms with Crippen LogP contribution in [0.3, 0.4) is 0 Å². The van der Waals surface area contributed by atoms with E-state index >= 15 is 0 Å². The first-order valence-corrected chi connectivity index (χ1v) is 6.44. The normalized spacial score (nSPS) is 21.9. The molecule has 0 amide bonds. The number of hydrogen-bond acceptors (Lipinski definition) is 6. The molecule has 0 spiro atoms. The van der Waals surface area contributed by atoms with Crippen LogP contribution in [0.2, 0.25) is 0 Å². The van der Waals surface area contributed by atoms with Gasteiger partial charge in [-0.1, -0.05) is 12.1 Å². The van der Waals surface area contributed by atoms with Gasteiger partial charge in [-0.2, -0.15) is 0 Å². The van der Waals surface area contributed by atoms with Gasteiger partial charge in [-0.3, -0.25) is 5.73 Å². The molecule has 1 aromatic heterocycles. The van der Waals surface area contributed by atoms with Crippen LogP contribution in [0.15, 0.2) is 40.8 Å². The first-order chi connectivity index (χ1) is 8.66. The molecular weight excluding hydrogens is 246 g/mol. The summed E-state index contributed by atoms with van der Waals surface area (Å²) in [6, 6.07) is 7.73. The van der Waals surface area contributed by atoms with Crippen LogP contribution >= 0.6 is 11.3 Å². The van der Waals surface area contributed by atoms with Crippen molar-refractivity contribution < 1.29 is 0 Å². The predicted molar refractivity (Wildman–Crippen MR) is 73.5 cm³/mol. The minimum Gasteiger partial charge on any atom is -0.383 e. The average Bonchev–Trinajstić information content (AvgIpc) is 2.81. The summed E-state index contributed by atoms with van der Waals surface area (Å²) in [4.78, 5) is 8.58. The number of para-hydroxylation sites is 1. The number of amidine groups is 1. The Morgan fingerprint density at radius 3 is 2.94 bits per heavy atom. The Hall–Kier alpha value is -1.92. The van der Waals surface area contributed by atoms with E-state index in [2.05, 4.69) is 15.3 Å². The Balaban J connectivity index is 1.95. The monoisotopic (exact) mass is 259 g/mol. The van der Waals surface area contributed by atoms with E-state index in [1.807, 2.05) is 29.6 Å². The Kier molecular flexibility index (Phi) is 2.53. The van der Waals surface area contributed by atoms with Crippen molar-refractivity contribution in [3.63, 3.8) is 0 Å². The Bertz CT molecular complexity index is 592. The average molecular weight is 259 g/mol. The summed E-state index contributed by atoms with van der Waals surface area (Å²) in [5, 5.41) is 6.07. The Morgan fingerprint density at radius 2 is 2.17 bits per heavy atom. The quantitative estimate of drug-likeness (QED) is 0.754. The van der Waals surface area contributed by atoms with Gasteiger partial charge in [-0.25, -0.2) is 9.98 Å². The number of fused-ring (bicyclic) bond motifs is 1. The smallest absolute Gasteiger partial charge is 0.191 e. The number of nitrogens with zero attached hydrogens (tertiary/aromatic N) is 2. The SMILES string of the molecule is NC1=NC(N)(Cc2nccs2)Nc2ccccc21. The van der Waals surface area contributed by atoms with Crippen LogP contribution in [0.5, 0.6) is 0 Å². The number of aliphatic imine (C=N–C) groups is 1. The van der Waals surface area contributed by atoms with Gasteiger partial charge in [0.05, 0.1) is 11.4 Å². The molecule has 3 rings (SSSR count). The van der Waals surface area contributed by atoms with Crippen LogP contribution < -0.4 is 16.8 Å². The first-order valence-electron chi connectivity index (χ1n) is 5.56. The molecule has 1 aromatic carbocycles. The highest BCUT2D eigenvalue weighted by atomic mass is 32.1. The van der Waals surface area contributed by atoms with Crippen molar-refractivity contribution in [1.82, 2.24) is 4.98 Å². The zero-order valence-electron chi connectivity index (χ0n) is 9.63. The molecule has 0 bridgehead atoms. The molecule has 92 valence electrons. The molecule has 0 fully saturated rings. The third kappa shape index (κ3) is 1.96. The van der Waals surface area contributed by atoms with Gasteiger partial charge in [0.25, 0.3) is 0 Å². The molecule has 5 nitrogen and oxygen atoms in total. The molecule has 1 atom stereocenters. The second-order valence-electron chi connectivity index (χ2n) is 4.19. The van der Waals surface area contributed by atoms with Crippen LogP contribution in [-0.2, 0) is 6.42 Å². The summed E-state index contributed by atoms with van der Waals surface area (Å²) in [7, 11) is 0. The van der Waals surface area contributed by atoms with Gasteiger partial charge in [0.2, 0.25) is 0 Å². The number of aromatic nitrogens is 1. The third-order valence-corrected chi connectivity index (χ3v) is 3.56. The van der Waals surface area contributed by atoms with E-state index in [4.69, 9.17) is 11.5 Å². The standard InChI is InChI=1S/C12H13N5S/c13-11-8-3-1-2-4-9(8)16-12(14,17-11)7-10-15-5-6-18-10/h1-6,16H,7,14H2,(H2,13,17). The summed E-state index contributed by atoms with van der Waals surface area (Å²) in [6.07, 6.45) is 2.27. The van der Waals surface area contributed by atoms with Gasteiger partial charge in [0, 0.05) is 22.8 Å². The zero-order valence-corrected chi connectivity index (χ0v) is 10.4. The number of nitrogens with one attached hydrogen (secondary N) is 1. The van der Waals surface area contributed by atoms with Crippen molar-refractivity contribution in [3.05, 3.63) is 46.4 Å². The fourth-order valence-electron chi connectivity index (χ4n) is 2.01. The van der Waals surface area contributed by atoms with Gasteiger partial charge < -0.3 is 11.1 Å². The largest absolute Gasteiger partial charge is 0.383 e. The van der Waals surface area contributed by atoms with E-state index in [9.17, 15) is 0 Å². The third-order valence-electron chi connectivity index (χ3n) is 2.78. The van der Waals surface area contributed by atoms with Crippen molar-refractivity contribution in [1.29, 1.82) is 0 Å². The Morgan fingerprint density at radius 1 is 1.33 bits per heavy atom. The van der Waals surface area contributed by atoms with Crippen molar-refractivity contribution in [3.8, 4) is 0 Å². The van der Waals surface area contributed by atoms with Crippen LogP contribution in [0.25, 0.3) is 0 Å². The second-order valence-corrected chi connectivity index (χ2v) is 5.17. The van der Waals surface area contributed by atoms with Crippen LogP contribution in [0.4, 0.5) is 5.69 Å². The van der Waals surface area contributed by atoms with E-state index in [-0.39, 0.29) is 0 Å². The van der Waals surface area contributed by atoms with E-state index < -0.39 is 5.79 Å². The van der Waals surface area contributed by atoms with Crippen molar-refractivity contribution in [2.75, 3.05) is 5.32 Å². The highest BCUT2D eigenvalue weighted by Crippen LogP contribution is 2.26. The molecule has 0 radical (unpaired) electrons. The molecule has 2 heterocycles. The van der Waals surface area contributed by atoms with Crippen LogP contribution in [0, 0.1) is 0 Å². The van der Waals surface area contributed by atoms with Gasteiger partial charge in [-0.05, 0) is 12.1 Å². The number of thiazole rings is 1. The lowest BCUT2D eigenvalue weighted by atomic mass is 10.1. The molecule has 0 saturated heterocycles. The summed E-state index contributed by atoms with van der Waals surface area (Å²) >= 11 is 1.56. The number of hydrogen-bond donors (Lipinski definition) is 3. The maximum Gasteiger partial charge on any atom is 0.191 e. The predicted octanol–water partition coefficient (Wildman–Crippen LogP) is 1.13. The van der Waals surface area contributed by atoms with E-state index in [1.54, 1.807) is 17.5 Å². The number of benzene rings is 1. The number of nitrogens with two attached hydrogens (primary N) is 2. The fraction of sp³-hybridized carbons (Fsp3) is 0.167. The summed E-state index contributed by atoms with van der Waals surface area (Å²) in [5.74, 6) is -0.459. The lowest BCUT2D eigenvalue weighted by Crippen LogP contribution is -2.51. The molecule has 5 N–H and O–H groups in total. The van der Waals surface area contributed by atoms with Crippen LogP contribution in [0.1, 0.15) is 10.6 Å². The molecule has 18 heavy (non-hydrogen) atoms. The highest BCUT2D eigenvalue weighted by Gasteiger charge is 2.30. The molecule has 1 aliphatic rings. The molecule has 1 aliphatic heterocycles. The van der Waals surface area contributed by atoms with Gasteiger partial charge >= 0.3 is 0 Å². The fourth-order valence-corrected chi connectivity index (χ4v) is 2.71. The summed E-state index contributed by atoms with van der Waals surface area (Å²) < 4.78 is 0. The zero-order chi connectivity index (χ0) is 12.6. The lowest BCUT2D eigenvalue weighted by Gasteiger charge is -2.32. The Labute approximate surface area is 109 Å². The van der Waals surface area contributed by atoms with Gasteiger partial charge in [0.1, 0.15) is 5.84 Å². The van der Waals surface area contributed by atoms with Crippen LogP contribution in [-0.4, -0.2) is 16.6 Å². The molecule has 1 unspecified atom stereocenters. The molecular formula is C12H13N5S. The topological polar surface area (TPSA) is 89.3 Å². The molecule has 6 heteroatoms. The number of rotatable bonds is 2. The minimum absolute atomic E-state index is 0.461. The first kappa shape index (κ1) is 11.2. The number of anilines is 1. The molecule has 0 saturated carbocycles. The second kappa shape index (κ2) is 4.08. The summed E-state index contributed by atoms with van der Waals surface area (Å²) in [6.45, 7) is 0. The van der Waals surface area contributed by atoms with E-state index in [0.717, 1.165) is 16.3 Å². The molecule has 2 aromatic rings. The maximum absolute atomic E-state index is 6.24. The highest BCUT2D eigenvalue weighted by molar-refractivity contribution is 7.09. The summed E-state index contributed by atoms with van der Waals surface area (Å²) in [5.41, 5.74) is 14.0. The van der Waals surface area contributed by atoms with Crippen molar-refractivity contribution in [2.45, 2.75) is 12.2 Å². The molecule has 0 aliphatic carbocycles. The van der Waals surface area contributed by atoms with Gasteiger partial charge in [0.15, 0.2) is 5.79 Å². The van der Waals surface area contributed by atoms with Gasteiger partial charge in [-0.15, -0.1) is 11.3 Å². The maximum atomic E-state index is 6.24. The minimum atomic E-state index is -0.920.